The van der Waals surface area contributed by atoms with E-state index in [1.165, 1.54) is 5.56 Å². The SMILES string of the molecule is Cc1cc(Oc2ccc(CCN)cc2)c(C#N)c(C)n1. The second-order valence-corrected chi connectivity index (χ2v) is 4.62. The minimum Gasteiger partial charge on any atom is -0.456 e. The molecule has 102 valence electrons. The Morgan fingerprint density at radius 1 is 1.25 bits per heavy atom. The predicted octanol–water partition coefficient (Wildman–Crippen LogP) is 2.86. The number of nitrogens with two attached hydrogens (primary N) is 1. The highest BCUT2D eigenvalue weighted by atomic mass is 16.5. The van der Waals surface area contributed by atoms with Crippen molar-refractivity contribution in [3.63, 3.8) is 0 Å². The summed E-state index contributed by atoms with van der Waals surface area (Å²) in [6.45, 7) is 4.32. The summed E-state index contributed by atoms with van der Waals surface area (Å²) in [6.07, 6.45) is 0.844. The zero-order valence-corrected chi connectivity index (χ0v) is 11.7. The maximum Gasteiger partial charge on any atom is 0.148 e. The zero-order valence-electron chi connectivity index (χ0n) is 11.7. The average Bonchev–Trinajstić information content (AvgIpc) is 2.41. The van der Waals surface area contributed by atoms with Gasteiger partial charge in [0.1, 0.15) is 23.1 Å². The van der Waals surface area contributed by atoms with Gasteiger partial charge in [-0.2, -0.15) is 5.26 Å². The first-order valence-electron chi connectivity index (χ1n) is 6.49. The molecular formula is C16H17N3O. The lowest BCUT2D eigenvalue weighted by Gasteiger charge is -2.10. The van der Waals surface area contributed by atoms with Crippen LogP contribution in [-0.4, -0.2) is 11.5 Å². The van der Waals surface area contributed by atoms with Gasteiger partial charge in [0, 0.05) is 11.8 Å². The third kappa shape index (κ3) is 3.14. The Bertz CT molecular complexity index is 642. The summed E-state index contributed by atoms with van der Waals surface area (Å²) in [5.41, 5.74) is 8.67. The van der Waals surface area contributed by atoms with Crippen molar-refractivity contribution < 1.29 is 4.74 Å². The highest BCUT2D eigenvalue weighted by Crippen LogP contribution is 2.27. The molecule has 2 N–H and O–H groups in total. The topological polar surface area (TPSA) is 71.9 Å². The minimum absolute atomic E-state index is 0.474. The van der Waals surface area contributed by atoms with E-state index < -0.39 is 0 Å². The molecule has 0 atom stereocenters. The summed E-state index contributed by atoms with van der Waals surface area (Å²) < 4.78 is 5.80. The van der Waals surface area contributed by atoms with Gasteiger partial charge in [0.25, 0.3) is 0 Å². The number of nitrogens with zero attached hydrogens (tertiary/aromatic N) is 2. The van der Waals surface area contributed by atoms with Crippen LogP contribution >= 0.6 is 0 Å². The largest absolute Gasteiger partial charge is 0.456 e. The van der Waals surface area contributed by atoms with Crippen LogP contribution in [0.15, 0.2) is 30.3 Å². The third-order valence-electron chi connectivity index (χ3n) is 2.99. The highest BCUT2D eigenvalue weighted by Gasteiger charge is 2.10. The summed E-state index contributed by atoms with van der Waals surface area (Å²) in [7, 11) is 0. The fourth-order valence-electron chi connectivity index (χ4n) is 2.03. The van der Waals surface area contributed by atoms with Crippen LogP contribution in [-0.2, 0) is 6.42 Å². The van der Waals surface area contributed by atoms with E-state index in [-0.39, 0.29) is 0 Å². The van der Waals surface area contributed by atoms with Crippen molar-refractivity contribution in [1.29, 1.82) is 5.26 Å². The summed E-state index contributed by atoms with van der Waals surface area (Å²) in [5.74, 6) is 1.25. The maximum atomic E-state index is 9.20. The van der Waals surface area contributed by atoms with Crippen LogP contribution in [0, 0.1) is 25.2 Å². The molecule has 2 aromatic rings. The van der Waals surface area contributed by atoms with E-state index >= 15 is 0 Å². The van der Waals surface area contributed by atoms with E-state index in [2.05, 4.69) is 11.1 Å². The van der Waals surface area contributed by atoms with Crippen LogP contribution in [0.1, 0.15) is 22.5 Å². The fraction of sp³-hybridized carbons (Fsp3) is 0.250. The van der Waals surface area contributed by atoms with Gasteiger partial charge in [-0.25, -0.2) is 0 Å². The van der Waals surface area contributed by atoms with E-state index in [1.54, 1.807) is 6.07 Å². The van der Waals surface area contributed by atoms with E-state index in [0.29, 0.717) is 29.3 Å². The Kier molecular flexibility index (Phi) is 4.34. The Morgan fingerprint density at radius 2 is 1.95 bits per heavy atom. The van der Waals surface area contributed by atoms with Gasteiger partial charge < -0.3 is 10.5 Å². The average molecular weight is 267 g/mol. The second kappa shape index (κ2) is 6.18. The molecular weight excluding hydrogens is 250 g/mol. The van der Waals surface area contributed by atoms with Gasteiger partial charge >= 0.3 is 0 Å². The lowest BCUT2D eigenvalue weighted by molar-refractivity contribution is 0.479. The fourth-order valence-corrected chi connectivity index (χ4v) is 2.03. The molecule has 0 saturated heterocycles. The van der Waals surface area contributed by atoms with Crippen LogP contribution in [0.4, 0.5) is 0 Å². The number of aryl methyl sites for hydroxylation is 2. The molecule has 1 aromatic heterocycles. The van der Waals surface area contributed by atoms with Crippen molar-refractivity contribution in [1.82, 2.24) is 4.98 Å². The second-order valence-electron chi connectivity index (χ2n) is 4.62. The number of hydrogen-bond donors (Lipinski definition) is 1. The van der Waals surface area contributed by atoms with Crippen LogP contribution in [0.3, 0.4) is 0 Å². The molecule has 0 saturated carbocycles. The van der Waals surface area contributed by atoms with Crippen molar-refractivity contribution >= 4 is 0 Å². The molecule has 0 spiro atoms. The van der Waals surface area contributed by atoms with Gasteiger partial charge in [-0.15, -0.1) is 0 Å². The summed E-state index contributed by atoms with van der Waals surface area (Å²) in [5, 5.41) is 9.20. The molecule has 0 radical (unpaired) electrons. The predicted molar refractivity (Wildman–Crippen MR) is 77.7 cm³/mol. The third-order valence-corrected chi connectivity index (χ3v) is 2.99. The quantitative estimate of drug-likeness (QED) is 0.924. The van der Waals surface area contributed by atoms with Crippen molar-refractivity contribution in [2.24, 2.45) is 5.73 Å². The minimum atomic E-state index is 0.474. The highest BCUT2D eigenvalue weighted by molar-refractivity contribution is 5.48. The Hall–Kier alpha value is -2.38. The first kappa shape index (κ1) is 14.0. The Morgan fingerprint density at radius 3 is 2.55 bits per heavy atom. The Balaban J connectivity index is 2.28. The number of nitriles is 1. The van der Waals surface area contributed by atoms with Crippen LogP contribution in [0.25, 0.3) is 0 Å². The lowest BCUT2D eigenvalue weighted by atomic mass is 10.1. The van der Waals surface area contributed by atoms with Crippen molar-refractivity contribution in [2.45, 2.75) is 20.3 Å². The van der Waals surface area contributed by atoms with Gasteiger partial charge in [0.05, 0.1) is 5.69 Å². The van der Waals surface area contributed by atoms with Crippen molar-refractivity contribution in [2.75, 3.05) is 6.54 Å². The standard InChI is InChI=1S/C16H17N3O/c1-11-9-16(15(10-18)12(2)19-11)20-14-5-3-13(4-6-14)7-8-17/h3-6,9H,7-8,17H2,1-2H3. The molecule has 0 amide bonds. The summed E-state index contributed by atoms with van der Waals surface area (Å²) >= 11 is 0. The molecule has 0 aliphatic heterocycles. The monoisotopic (exact) mass is 267 g/mol. The van der Waals surface area contributed by atoms with Gasteiger partial charge in [0.2, 0.25) is 0 Å². The molecule has 4 heteroatoms. The molecule has 1 aromatic carbocycles. The Labute approximate surface area is 118 Å². The summed E-state index contributed by atoms with van der Waals surface area (Å²) in [4.78, 5) is 4.27. The molecule has 0 fully saturated rings. The van der Waals surface area contributed by atoms with E-state index in [9.17, 15) is 5.26 Å². The molecule has 0 aliphatic rings. The number of pyridine rings is 1. The molecule has 4 nitrogen and oxygen atoms in total. The molecule has 0 bridgehead atoms. The van der Waals surface area contributed by atoms with Crippen LogP contribution in [0.2, 0.25) is 0 Å². The van der Waals surface area contributed by atoms with Crippen LogP contribution < -0.4 is 10.5 Å². The molecule has 20 heavy (non-hydrogen) atoms. The van der Waals surface area contributed by atoms with Gasteiger partial charge in [-0.1, -0.05) is 12.1 Å². The number of benzene rings is 1. The van der Waals surface area contributed by atoms with Gasteiger partial charge in [0.15, 0.2) is 0 Å². The van der Waals surface area contributed by atoms with Gasteiger partial charge in [-0.05, 0) is 44.5 Å². The van der Waals surface area contributed by atoms with Crippen molar-refractivity contribution in [3.05, 3.63) is 52.8 Å². The normalized spacial score (nSPS) is 10.1. The first-order chi connectivity index (χ1) is 9.63. The number of hydrogen-bond acceptors (Lipinski definition) is 4. The van der Waals surface area contributed by atoms with Crippen LogP contribution in [0.5, 0.6) is 11.5 Å². The number of aromatic nitrogens is 1. The summed E-state index contributed by atoms with van der Waals surface area (Å²) in [6, 6.07) is 11.7. The molecule has 2 rings (SSSR count). The zero-order chi connectivity index (χ0) is 14.5. The smallest absolute Gasteiger partial charge is 0.148 e. The van der Waals surface area contributed by atoms with E-state index in [4.69, 9.17) is 10.5 Å². The first-order valence-corrected chi connectivity index (χ1v) is 6.49. The van der Waals surface area contributed by atoms with E-state index in [0.717, 1.165) is 12.1 Å². The number of rotatable bonds is 4. The molecule has 0 aliphatic carbocycles. The molecule has 0 unspecified atom stereocenters. The van der Waals surface area contributed by atoms with Crippen molar-refractivity contribution in [3.8, 4) is 17.6 Å². The number of ether oxygens (including phenoxy) is 1. The maximum absolute atomic E-state index is 9.20. The lowest BCUT2D eigenvalue weighted by Crippen LogP contribution is -2.02. The van der Waals surface area contributed by atoms with Gasteiger partial charge in [-0.3, -0.25) is 4.98 Å². The molecule has 1 heterocycles. The van der Waals surface area contributed by atoms with E-state index in [1.807, 2.05) is 38.1 Å².